The standard InChI is InChI=1S/C54H105O10P/c1-3-5-7-9-11-13-15-17-19-21-23-25-27-29-31-33-35-37-39-41-43-45-53(57)61-49-52(50-63-65(59,60)62-48-51(56)47-55)64-54(58)46-44-42-40-38-36-34-32-30-28-26-24-22-20-18-16-14-12-10-8-6-4-2/h18,20,51-52,55-56H,3-17,19,21-50H2,1-2H3,(H,59,60)/b20-18+/t51-,52+/m0/s1. The van der Waals surface area contributed by atoms with Gasteiger partial charge in [-0.1, -0.05) is 244 Å². The summed E-state index contributed by atoms with van der Waals surface area (Å²) < 4.78 is 32.9. The number of aliphatic hydroxyl groups excluding tert-OH is 2. The van der Waals surface area contributed by atoms with E-state index in [0.29, 0.717) is 12.8 Å². The number of hydrogen-bond donors (Lipinski definition) is 3. The van der Waals surface area contributed by atoms with Crippen molar-refractivity contribution in [3.05, 3.63) is 12.2 Å². The van der Waals surface area contributed by atoms with Crippen molar-refractivity contribution < 1.29 is 47.8 Å². The first kappa shape index (κ1) is 63.7. The molecule has 0 aromatic rings. The van der Waals surface area contributed by atoms with Crippen LogP contribution in [0.2, 0.25) is 0 Å². The fourth-order valence-corrected chi connectivity index (χ4v) is 8.96. The van der Waals surface area contributed by atoms with Crippen molar-refractivity contribution in [1.29, 1.82) is 0 Å². The third-order valence-electron chi connectivity index (χ3n) is 12.4. The summed E-state index contributed by atoms with van der Waals surface area (Å²) in [6.07, 6.45) is 53.3. The molecule has 0 aromatic heterocycles. The topological polar surface area (TPSA) is 149 Å². The molecule has 0 fully saturated rings. The Hall–Kier alpha value is -1.29. The molecule has 0 aromatic carbocycles. The first-order valence-electron chi connectivity index (χ1n) is 27.6. The Morgan fingerprint density at radius 1 is 0.446 bits per heavy atom. The monoisotopic (exact) mass is 945 g/mol. The molecule has 0 bridgehead atoms. The summed E-state index contributed by atoms with van der Waals surface area (Å²) in [6.45, 7) is 2.45. The third-order valence-corrected chi connectivity index (χ3v) is 13.4. The quantitative estimate of drug-likeness (QED) is 0.0233. The number of unbranched alkanes of at least 4 members (excludes halogenated alkanes) is 37. The van der Waals surface area contributed by atoms with Crippen LogP contribution in [0.1, 0.15) is 284 Å². The molecule has 0 aliphatic carbocycles. The molecule has 65 heavy (non-hydrogen) atoms. The van der Waals surface area contributed by atoms with Gasteiger partial charge in [-0.3, -0.25) is 18.6 Å². The molecule has 11 heteroatoms. The van der Waals surface area contributed by atoms with Crippen LogP contribution in [0.4, 0.5) is 0 Å². The second-order valence-electron chi connectivity index (χ2n) is 19.0. The lowest BCUT2D eigenvalue weighted by atomic mass is 10.0. The fourth-order valence-electron chi connectivity index (χ4n) is 8.17. The van der Waals surface area contributed by atoms with Crippen molar-refractivity contribution >= 4 is 19.8 Å². The Morgan fingerprint density at radius 3 is 1.11 bits per heavy atom. The number of phosphoric ester groups is 1. The molecule has 0 heterocycles. The van der Waals surface area contributed by atoms with Gasteiger partial charge in [-0.25, -0.2) is 4.57 Å². The van der Waals surface area contributed by atoms with E-state index in [1.165, 1.54) is 212 Å². The molecule has 1 unspecified atom stereocenters. The lowest BCUT2D eigenvalue weighted by Gasteiger charge is -2.20. The van der Waals surface area contributed by atoms with E-state index in [4.69, 9.17) is 23.6 Å². The second kappa shape index (κ2) is 50.6. The van der Waals surface area contributed by atoms with E-state index in [1.807, 2.05) is 0 Å². The molecule has 386 valence electrons. The van der Waals surface area contributed by atoms with Crippen molar-refractivity contribution in [3.8, 4) is 0 Å². The van der Waals surface area contributed by atoms with Crippen LogP contribution in [0, 0.1) is 0 Å². The summed E-state index contributed by atoms with van der Waals surface area (Å²) in [5, 5.41) is 18.4. The lowest BCUT2D eigenvalue weighted by molar-refractivity contribution is -0.161. The minimum atomic E-state index is -4.62. The summed E-state index contributed by atoms with van der Waals surface area (Å²) in [7, 11) is -4.62. The summed E-state index contributed by atoms with van der Waals surface area (Å²) in [6, 6.07) is 0. The molecule has 0 aliphatic rings. The SMILES string of the molecule is CCCCCCCC/C=C/CCCCCCCCCCCCCC(=O)O[C@H](COC(=O)CCCCCCCCCCCCCCCCCCCCCCC)COP(=O)(O)OC[C@@H](O)CO. The molecule has 3 N–H and O–H groups in total. The maximum atomic E-state index is 12.7. The number of hydrogen-bond acceptors (Lipinski definition) is 9. The van der Waals surface area contributed by atoms with Gasteiger partial charge in [-0.15, -0.1) is 0 Å². The van der Waals surface area contributed by atoms with E-state index in [9.17, 15) is 24.2 Å². The Kier molecular flexibility index (Phi) is 49.6. The van der Waals surface area contributed by atoms with Crippen LogP contribution in [0.25, 0.3) is 0 Å². The molecule has 0 spiro atoms. The number of carbonyl (C=O) groups is 2. The van der Waals surface area contributed by atoms with Crippen molar-refractivity contribution in [2.45, 2.75) is 296 Å². The first-order chi connectivity index (χ1) is 31.7. The van der Waals surface area contributed by atoms with Crippen molar-refractivity contribution in [2.75, 3.05) is 26.4 Å². The Labute approximate surface area is 400 Å². The van der Waals surface area contributed by atoms with E-state index >= 15 is 0 Å². The highest BCUT2D eigenvalue weighted by molar-refractivity contribution is 7.47. The fraction of sp³-hybridized carbons (Fsp3) is 0.926. The normalized spacial score (nSPS) is 13.6. The molecule has 10 nitrogen and oxygen atoms in total. The third kappa shape index (κ3) is 50.4. The van der Waals surface area contributed by atoms with Crippen LogP contribution in [-0.2, 0) is 32.7 Å². The number of allylic oxidation sites excluding steroid dienone is 2. The van der Waals surface area contributed by atoms with Crippen molar-refractivity contribution in [3.63, 3.8) is 0 Å². The maximum absolute atomic E-state index is 12.7. The predicted octanol–water partition coefficient (Wildman–Crippen LogP) is 15.9. The Bertz CT molecular complexity index is 1090. The average Bonchev–Trinajstić information content (AvgIpc) is 3.30. The second-order valence-corrected chi connectivity index (χ2v) is 20.4. The summed E-state index contributed by atoms with van der Waals surface area (Å²) in [4.78, 5) is 35.2. The zero-order valence-corrected chi connectivity index (χ0v) is 43.4. The molecular weight excluding hydrogens is 840 g/mol. The molecule has 0 saturated heterocycles. The highest BCUT2D eigenvalue weighted by Gasteiger charge is 2.27. The van der Waals surface area contributed by atoms with E-state index < -0.39 is 51.8 Å². The van der Waals surface area contributed by atoms with Gasteiger partial charge in [0.05, 0.1) is 19.8 Å². The van der Waals surface area contributed by atoms with Gasteiger partial charge < -0.3 is 24.6 Å². The van der Waals surface area contributed by atoms with Crippen LogP contribution in [0.3, 0.4) is 0 Å². The van der Waals surface area contributed by atoms with Gasteiger partial charge >= 0.3 is 19.8 Å². The van der Waals surface area contributed by atoms with E-state index in [2.05, 4.69) is 26.0 Å². The van der Waals surface area contributed by atoms with Gasteiger partial charge in [0.1, 0.15) is 12.7 Å². The molecule has 3 atom stereocenters. The van der Waals surface area contributed by atoms with Gasteiger partial charge in [0.25, 0.3) is 0 Å². The zero-order chi connectivity index (χ0) is 47.6. The highest BCUT2D eigenvalue weighted by atomic mass is 31.2. The first-order valence-corrected chi connectivity index (χ1v) is 29.1. The Morgan fingerprint density at radius 2 is 0.754 bits per heavy atom. The number of rotatable bonds is 53. The van der Waals surface area contributed by atoms with Crippen LogP contribution in [0.5, 0.6) is 0 Å². The van der Waals surface area contributed by atoms with Crippen molar-refractivity contribution in [2.24, 2.45) is 0 Å². The molecule has 0 amide bonds. The van der Waals surface area contributed by atoms with Gasteiger partial charge in [-0.2, -0.15) is 0 Å². The zero-order valence-electron chi connectivity index (χ0n) is 42.5. The molecule has 0 radical (unpaired) electrons. The predicted molar refractivity (Wildman–Crippen MR) is 270 cm³/mol. The van der Waals surface area contributed by atoms with Crippen LogP contribution >= 0.6 is 7.82 Å². The summed E-state index contributed by atoms with van der Waals surface area (Å²) in [5.74, 6) is -0.906. The Balaban J connectivity index is 4.09. The van der Waals surface area contributed by atoms with Gasteiger partial charge in [-0.05, 0) is 38.5 Å². The molecule has 0 saturated carbocycles. The maximum Gasteiger partial charge on any atom is 0.472 e. The summed E-state index contributed by atoms with van der Waals surface area (Å²) in [5.41, 5.74) is 0. The number of ether oxygens (including phenoxy) is 2. The van der Waals surface area contributed by atoms with Crippen LogP contribution < -0.4 is 0 Å². The number of esters is 2. The van der Waals surface area contributed by atoms with Crippen LogP contribution in [0.15, 0.2) is 12.2 Å². The van der Waals surface area contributed by atoms with E-state index in [0.717, 1.165) is 32.1 Å². The lowest BCUT2D eigenvalue weighted by Crippen LogP contribution is -2.29. The van der Waals surface area contributed by atoms with Crippen molar-refractivity contribution in [1.82, 2.24) is 0 Å². The number of aliphatic hydroxyl groups is 2. The van der Waals surface area contributed by atoms with Gasteiger partial charge in [0.2, 0.25) is 0 Å². The number of carbonyl (C=O) groups excluding carboxylic acids is 2. The molecular formula is C54H105O10P. The van der Waals surface area contributed by atoms with E-state index in [1.54, 1.807) is 0 Å². The molecule has 0 aliphatic heterocycles. The smallest absolute Gasteiger partial charge is 0.462 e. The summed E-state index contributed by atoms with van der Waals surface area (Å²) >= 11 is 0. The van der Waals surface area contributed by atoms with Crippen LogP contribution in [-0.4, -0.2) is 65.7 Å². The average molecular weight is 945 g/mol. The highest BCUT2D eigenvalue weighted by Crippen LogP contribution is 2.43. The minimum absolute atomic E-state index is 0.189. The largest absolute Gasteiger partial charge is 0.472 e. The molecule has 0 rings (SSSR count). The van der Waals surface area contributed by atoms with Gasteiger partial charge in [0, 0.05) is 12.8 Å². The number of phosphoric acid groups is 1. The minimum Gasteiger partial charge on any atom is -0.462 e. The van der Waals surface area contributed by atoms with E-state index in [-0.39, 0.29) is 19.4 Å². The van der Waals surface area contributed by atoms with Gasteiger partial charge in [0.15, 0.2) is 6.10 Å².